The molecule has 6 nitrogen and oxygen atoms in total. The highest BCUT2D eigenvalue weighted by Crippen LogP contribution is 2.20. The van der Waals surface area contributed by atoms with E-state index in [4.69, 9.17) is 11.6 Å². The molecule has 0 aromatic heterocycles. The molecular formula is C22H28ClN3O3S2. The second-order valence-corrected chi connectivity index (χ2v) is 11.0. The van der Waals surface area contributed by atoms with Crippen molar-refractivity contribution in [1.82, 2.24) is 14.5 Å². The minimum atomic E-state index is -3.13. The Morgan fingerprint density at radius 3 is 2.55 bits per heavy atom. The van der Waals surface area contributed by atoms with Gasteiger partial charge in [-0.05, 0) is 29.3 Å². The number of halogens is 1. The Kier molecular flexibility index (Phi) is 8.80. The number of piperazine rings is 1. The van der Waals surface area contributed by atoms with E-state index in [1.807, 2.05) is 48.5 Å². The van der Waals surface area contributed by atoms with Gasteiger partial charge in [-0.3, -0.25) is 9.69 Å². The fraction of sp³-hybridized carbons (Fsp3) is 0.409. The summed E-state index contributed by atoms with van der Waals surface area (Å²) < 4.78 is 24.8. The second-order valence-electron chi connectivity index (χ2n) is 7.54. The lowest BCUT2D eigenvalue weighted by Gasteiger charge is -2.33. The predicted molar refractivity (Wildman–Crippen MR) is 128 cm³/mol. The normalized spacial score (nSPS) is 15.7. The summed E-state index contributed by atoms with van der Waals surface area (Å²) in [5.74, 6) is 1.54. The molecule has 1 aliphatic rings. The van der Waals surface area contributed by atoms with E-state index in [1.54, 1.807) is 11.8 Å². The molecule has 0 bridgehead atoms. The molecule has 0 radical (unpaired) electrons. The van der Waals surface area contributed by atoms with E-state index < -0.39 is 10.0 Å². The van der Waals surface area contributed by atoms with Gasteiger partial charge in [0, 0.05) is 61.4 Å². The van der Waals surface area contributed by atoms with Gasteiger partial charge in [0.2, 0.25) is 10.0 Å². The number of hydrogen-bond donors (Lipinski definition) is 1. The van der Waals surface area contributed by atoms with Gasteiger partial charge < -0.3 is 5.32 Å². The van der Waals surface area contributed by atoms with Crippen LogP contribution in [-0.2, 0) is 22.3 Å². The summed E-state index contributed by atoms with van der Waals surface area (Å²) in [6, 6.07) is 15.4. The van der Waals surface area contributed by atoms with E-state index in [2.05, 4.69) is 10.2 Å². The average Bonchev–Trinajstić information content (AvgIpc) is 2.74. The first kappa shape index (κ1) is 24.1. The summed E-state index contributed by atoms with van der Waals surface area (Å²) in [5.41, 5.74) is 2.79. The quantitative estimate of drug-likeness (QED) is 0.557. The van der Waals surface area contributed by atoms with Crippen molar-refractivity contribution in [3.05, 3.63) is 70.2 Å². The van der Waals surface area contributed by atoms with Crippen LogP contribution in [0.3, 0.4) is 0 Å². The molecular weight excluding hydrogens is 454 g/mol. The zero-order valence-corrected chi connectivity index (χ0v) is 20.0. The Labute approximate surface area is 194 Å². The van der Waals surface area contributed by atoms with Gasteiger partial charge >= 0.3 is 0 Å². The molecule has 3 rings (SSSR count). The Morgan fingerprint density at radius 2 is 1.84 bits per heavy atom. The Bertz CT molecular complexity index is 993. The van der Waals surface area contributed by atoms with Gasteiger partial charge in [-0.15, -0.1) is 0 Å². The van der Waals surface area contributed by atoms with E-state index in [1.165, 1.54) is 10.6 Å². The maximum atomic E-state index is 12.5. The van der Waals surface area contributed by atoms with Gasteiger partial charge in [0.15, 0.2) is 0 Å². The summed E-state index contributed by atoms with van der Waals surface area (Å²) in [5, 5.41) is 3.75. The summed E-state index contributed by atoms with van der Waals surface area (Å²) >= 11 is 7.90. The van der Waals surface area contributed by atoms with E-state index in [0.717, 1.165) is 27.7 Å². The lowest BCUT2D eigenvalue weighted by molar-refractivity contribution is 0.0956. The second kappa shape index (κ2) is 11.3. The number of sulfonamides is 1. The zero-order chi connectivity index (χ0) is 22.3. The van der Waals surface area contributed by atoms with Crippen LogP contribution < -0.4 is 5.32 Å². The topological polar surface area (TPSA) is 69.7 Å². The number of nitrogens with one attached hydrogen (secondary N) is 1. The monoisotopic (exact) mass is 481 g/mol. The Balaban J connectivity index is 1.42. The highest BCUT2D eigenvalue weighted by atomic mass is 35.5. The van der Waals surface area contributed by atoms with Crippen LogP contribution in [0.2, 0.25) is 5.02 Å². The molecule has 0 spiro atoms. The van der Waals surface area contributed by atoms with Crippen molar-refractivity contribution >= 4 is 39.3 Å². The van der Waals surface area contributed by atoms with Crippen molar-refractivity contribution in [2.45, 2.75) is 12.3 Å². The van der Waals surface area contributed by atoms with Crippen molar-refractivity contribution in [2.75, 3.05) is 44.7 Å². The number of nitrogens with zero attached hydrogens (tertiary/aromatic N) is 2. The lowest BCUT2D eigenvalue weighted by atomic mass is 10.1. The van der Waals surface area contributed by atoms with Crippen LogP contribution in [0.5, 0.6) is 0 Å². The maximum absolute atomic E-state index is 12.5. The third-order valence-corrected chi connectivity index (χ3v) is 7.82. The molecule has 0 aliphatic carbocycles. The van der Waals surface area contributed by atoms with Gasteiger partial charge in [-0.25, -0.2) is 8.42 Å². The zero-order valence-electron chi connectivity index (χ0n) is 17.6. The summed E-state index contributed by atoms with van der Waals surface area (Å²) in [6.45, 7) is 3.67. The van der Waals surface area contributed by atoms with Crippen LogP contribution in [0.15, 0.2) is 48.5 Å². The average molecular weight is 482 g/mol. The van der Waals surface area contributed by atoms with Gasteiger partial charge in [0.25, 0.3) is 5.91 Å². The smallest absolute Gasteiger partial charge is 0.251 e. The number of hydrogen-bond acceptors (Lipinski definition) is 5. The lowest BCUT2D eigenvalue weighted by Crippen LogP contribution is -2.47. The molecule has 1 aliphatic heterocycles. The van der Waals surface area contributed by atoms with Crippen LogP contribution in [0, 0.1) is 0 Å². The Hall–Kier alpha value is -1.58. The van der Waals surface area contributed by atoms with Crippen LogP contribution >= 0.6 is 23.4 Å². The molecule has 31 heavy (non-hydrogen) atoms. The molecule has 2 aromatic rings. The molecule has 9 heteroatoms. The minimum absolute atomic E-state index is 0.0814. The largest absolute Gasteiger partial charge is 0.351 e. The fourth-order valence-electron chi connectivity index (χ4n) is 3.42. The number of carbonyl (C=O) groups is 1. The van der Waals surface area contributed by atoms with Crippen molar-refractivity contribution in [3.63, 3.8) is 0 Å². The molecule has 1 heterocycles. The standard InChI is InChI=1S/C22H28ClN3O3S2/c1-31(28,29)26-12-10-25(11-13-26)16-18-5-4-7-19(15-18)22(27)24-9-14-30-17-20-6-2-3-8-21(20)23/h2-8,15H,9-14,16-17H2,1H3,(H,24,27). The molecule has 1 saturated heterocycles. The molecule has 168 valence electrons. The first-order valence-corrected chi connectivity index (χ1v) is 13.6. The maximum Gasteiger partial charge on any atom is 0.251 e. The van der Waals surface area contributed by atoms with E-state index in [0.29, 0.717) is 44.8 Å². The summed E-state index contributed by atoms with van der Waals surface area (Å²) in [4.78, 5) is 14.7. The summed E-state index contributed by atoms with van der Waals surface area (Å²) in [6.07, 6.45) is 1.25. The van der Waals surface area contributed by atoms with Crippen LogP contribution in [0.4, 0.5) is 0 Å². The van der Waals surface area contributed by atoms with E-state index in [-0.39, 0.29) is 5.91 Å². The van der Waals surface area contributed by atoms with Crippen LogP contribution in [0.25, 0.3) is 0 Å². The highest BCUT2D eigenvalue weighted by molar-refractivity contribution is 7.98. The van der Waals surface area contributed by atoms with Crippen molar-refractivity contribution in [2.24, 2.45) is 0 Å². The number of thioether (sulfide) groups is 1. The number of rotatable bonds is 9. The van der Waals surface area contributed by atoms with Gasteiger partial charge in [0.05, 0.1) is 6.26 Å². The fourth-order valence-corrected chi connectivity index (χ4v) is 5.40. The molecule has 1 N–H and O–H groups in total. The third kappa shape index (κ3) is 7.50. The van der Waals surface area contributed by atoms with Crippen LogP contribution in [-0.4, -0.2) is 68.3 Å². The Morgan fingerprint density at radius 1 is 1.10 bits per heavy atom. The van der Waals surface area contributed by atoms with Gasteiger partial charge in [-0.1, -0.05) is 41.9 Å². The highest BCUT2D eigenvalue weighted by Gasteiger charge is 2.23. The molecule has 1 amide bonds. The molecule has 0 unspecified atom stereocenters. The molecule has 0 saturated carbocycles. The van der Waals surface area contributed by atoms with E-state index >= 15 is 0 Å². The number of benzene rings is 2. The predicted octanol–water partition coefficient (Wildman–Crippen LogP) is 3.08. The first-order valence-electron chi connectivity index (χ1n) is 10.2. The van der Waals surface area contributed by atoms with Gasteiger partial charge in [-0.2, -0.15) is 16.1 Å². The SMILES string of the molecule is CS(=O)(=O)N1CCN(Cc2cccc(C(=O)NCCSCc3ccccc3Cl)c2)CC1. The first-order chi connectivity index (χ1) is 14.8. The minimum Gasteiger partial charge on any atom is -0.351 e. The number of carbonyl (C=O) groups excluding carboxylic acids is 1. The molecule has 2 aromatic carbocycles. The van der Waals surface area contributed by atoms with Crippen molar-refractivity contribution < 1.29 is 13.2 Å². The third-order valence-electron chi connectivity index (χ3n) is 5.14. The van der Waals surface area contributed by atoms with Crippen LogP contribution in [0.1, 0.15) is 21.5 Å². The van der Waals surface area contributed by atoms with Crippen molar-refractivity contribution in [3.8, 4) is 0 Å². The van der Waals surface area contributed by atoms with Crippen molar-refractivity contribution in [1.29, 1.82) is 0 Å². The number of amides is 1. The summed E-state index contributed by atoms with van der Waals surface area (Å²) in [7, 11) is -3.13. The van der Waals surface area contributed by atoms with Gasteiger partial charge in [0.1, 0.15) is 0 Å². The van der Waals surface area contributed by atoms with E-state index in [9.17, 15) is 13.2 Å². The molecule has 1 fully saturated rings. The molecule has 0 atom stereocenters.